The van der Waals surface area contributed by atoms with Gasteiger partial charge in [0, 0.05) is 49.4 Å². The lowest BCUT2D eigenvalue weighted by atomic mass is 10.1. The van der Waals surface area contributed by atoms with Crippen molar-refractivity contribution in [1.29, 1.82) is 0 Å². The van der Waals surface area contributed by atoms with Crippen molar-refractivity contribution in [2.75, 3.05) is 49.7 Å². The molecule has 3 heterocycles. The third-order valence-corrected chi connectivity index (χ3v) is 5.43. The molecule has 1 N–H and O–H groups in total. The molecular weight excluding hydrogens is 368 g/mol. The molecular formula is C18H20N4O4S. The minimum Gasteiger partial charge on any atom is -0.454 e. The van der Waals surface area contributed by atoms with Crippen molar-refractivity contribution in [1.82, 2.24) is 9.88 Å². The van der Waals surface area contributed by atoms with E-state index in [9.17, 15) is 9.59 Å². The van der Waals surface area contributed by atoms with Crippen LogP contribution in [-0.4, -0.2) is 61.1 Å². The van der Waals surface area contributed by atoms with Gasteiger partial charge >= 0.3 is 0 Å². The number of amides is 1. The highest BCUT2D eigenvalue weighted by atomic mass is 32.1. The summed E-state index contributed by atoms with van der Waals surface area (Å²) in [5.74, 6) is 0.767. The van der Waals surface area contributed by atoms with Crippen molar-refractivity contribution in [2.24, 2.45) is 0 Å². The summed E-state index contributed by atoms with van der Waals surface area (Å²) in [6, 6.07) is 3.27. The summed E-state index contributed by atoms with van der Waals surface area (Å²) in [6.45, 7) is 5.10. The number of fused-ring (bicyclic) bond motifs is 1. The first-order valence-corrected chi connectivity index (χ1v) is 9.59. The molecule has 4 rings (SSSR count). The maximum Gasteiger partial charge on any atom is 0.238 e. The van der Waals surface area contributed by atoms with E-state index in [1.54, 1.807) is 29.7 Å². The Bertz CT molecular complexity index is 847. The van der Waals surface area contributed by atoms with Gasteiger partial charge in [0.2, 0.25) is 12.7 Å². The predicted molar refractivity (Wildman–Crippen MR) is 102 cm³/mol. The first kappa shape index (κ1) is 17.7. The van der Waals surface area contributed by atoms with E-state index in [4.69, 9.17) is 9.47 Å². The molecule has 0 radical (unpaired) electrons. The van der Waals surface area contributed by atoms with Crippen LogP contribution in [0.2, 0.25) is 0 Å². The van der Waals surface area contributed by atoms with Gasteiger partial charge in [0.25, 0.3) is 0 Å². The molecule has 2 aromatic rings. The Morgan fingerprint density at radius 2 is 1.93 bits per heavy atom. The highest BCUT2D eigenvalue weighted by Crippen LogP contribution is 2.37. The highest BCUT2D eigenvalue weighted by Gasteiger charge is 2.23. The van der Waals surface area contributed by atoms with Gasteiger partial charge in [-0.25, -0.2) is 4.98 Å². The second kappa shape index (κ2) is 7.53. The molecule has 142 valence electrons. The fraction of sp³-hybridized carbons (Fsp3) is 0.389. The van der Waals surface area contributed by atoms with Crippen molar-refractivity contribution in [3.8, 4) is 11.5 Å². The monoisotopic (exact) mass is 388 g/mol. The molecule has 2 aliphatic rings. The van der Waals surface area contributed by atoms with Crippen LogP contribution in [0.5, 0.6) is 11.5 Å². The fourth-order valence-corrected chi connectivity index (χ4v) is 3.90. The molecule has 9 heteroatoms. The Hall–Kier alpha value is -2.65. The number of anilines is 2. The minimum absolute atomic E-state index is 0.119. The zero-order chi connectivity index (χ0) is 18.8. The average molecular weight is 388 g/mol. The molecule has 1 amide bonds. The van der Waals surface area contributed by atoms with Crippen LogP contribution in [-0.2, 0) is 4.79 Å². The number of rotatable bonds is 5. The second-order valence-electron chi connectivity index (χ2n) is 6.43. The number of nitrogens with zero attached hydrogens (tertiary/aromatic N) is 3. The zero-order valence-corrected chi connectivity index (χ0v) is 15.8. The quantitative estimate of drug-likeness (QED) is 0.783. The van der Waals surface area contributed by atoms with Crippen molar-refractivity contribution in [2.45, 2.75) is 6.92 Å². The molecule has 2 aliphatic heterocycles. The zero-order valence-electron chi connectivity index (χ0n) is 14.9. The molecule has 0 unspecified atom stereocenters. The summed E-state index contributed by atoms with van der Waals surface area (Å²) < 4.78 is 10.7. The van der Waals surface area contributed by atoms with Crippen LogP contribution in [0.1, 0.15) is 17.3 Å². The lowest BCUT2D eigenvalue weighted by Crippen LogP contribution is -2.48. The third-order valence-electron chi connectivity index (χ3n) is 4.60. The molecule has 0 aliphatic carbocycles. The molecule has 8 nitrogen and oxygen atoms in total. The molecule has 1 fully saturated rings. The molecule has 0 saturated carbocycles. The number of thiazole rings is 1. The van der Waals surface area contributed by atoms with E-state index in [1.807, 2.05) is 5.38 Å². The molecule has 1 saturated heterocycles. The number of Topliss-reactive ketones (excluding diaryl/α,β-unsaturated/α-hetero) is 1. The number of nitrogens with one attached hydrogen (secondary N) is 1. The normalized spacial score (nSPS) is 16.4. The molecule has 1 aromatic heterocycles. The van der Waals surface area contributed by atoms with Crippen molar-refractivity contribution in [3.63, 3.8) is 0 Å². The summed E-state index contributed by atoms with van der Waals surface area (Å²) in [5, 5.41) is 5.83. The molecule has 0 bridgehead atoms. The van der Waals surface area contributed by atoms with Crippen molar-refractivity contribution < 1.29 is 19.1 Å². The third kappa shape index (κ3) is 3.88. The summed E-state index contributed by atoms with van der Waals surface area (Å²) in [7, 11) is 0. The highest BCUT2D eigenvalue weighted by molar-refractivity contribution is 7.13. The first-order chi connectivity index (χ1) is 13.1. The lowest BCUT2D eigenvalue weighted by Gasteiger charge is -2.34. The van der Waals surface area contributed by atoms with Crippen LogP contribution in [0.15, 0.2) is 23.7 Å². The number of hydrogen-bond acceptors (Lipinski definition) is 8. The number of ketones is 1. The Labute approximate surface area is 160 Å². The van der Waals surface area contributed by atoms with Crippen molar-refractivity contribution >= 4 is 33.8 Å². The molecule has 1 aromatic carbocycles. The van der Waals surface area contributed by atoms with Gasteiger partial charge in [0.05, 0.1) is 12.2 Å². The predicted octanol–water partition coefficient (Wildman–Crippen LogP) is 1.84. The fourth-order valence-electron chi connectivity index (χ4n) is 3.20. The van der Waals surface area contributed by atoms with E-state index in [0.717, 1.165) is 31.3 Å². The maximum absolute atomic E-state index is 12.5. The van der Waals surface area contributed by atoms with E-state index in [2.05, 4.69) is 20.1 Å². The number of carbonyl (C=O) groups is 2. The SMILES string of the molecule is CC(=O)c1cc2c(cc1NC(=O)CN1CCN(c3nccs3)CC1)OCO2. The Morgan fingerprint density at radius 1 is 1.19 bits per heavy atom. The van der Waals surface area contributed by atoms with E-state index >= 15 is 0 Å². The first-order valence-electron chi connectivity index (χ1n) is 8.71. The number of benzene rings is 1. The second-order valence-corrected chi connectivity index (χ2v) is 7.31. The summed E-state index contributed by atoms with van der Waals surface area (Å²) in [6.07, 6.45) is 1.80. The standard InChI is InChI=1S/C18H20N4O4S/c1-12(23)13-8-15-16(26-11-25-15)9-14(13)20-17(24)10-21-3-5-22(6-4-21)18-19-2-7-27-18/h2,7-9H,3-6,10-11H2,1H3,(H,20,24). The van der Waals surface area contributed by atoms with E-state index < -0.39 is 0 Å². The molecule has 0 atom stereocenters. The molecule has 27 heavy (non-hydrogen) atoms. The summed E-state index contributed by atoms with van der Waals surface area (Å²) >= 11 is 1.62. The van der Waals surface area contributed by atoms with Crippen LogP contribution < -0.4 is 19.7 Å². The smallest absolute Gasteiger partial charge is 0.238 e. The average Bonchev–Trinajstić information content (AvgIpc) is 3.33. The largest absolute Gasteiger partial charge is 0.454 e. The van der Waals surface area contributed by atoms with E-state index in [0.29, 0.717) is 22.7 Å². The van der Waals surface area contributed by atoms with Crippen LogP contribution >= 0.6 is 11.3 Å². The van der Waals surface area contributed by atoms with Crippen LogP contribution in [0.4, 0.5) is 10.8 Å². The van der Waals surface area contributed by atoms with Gasteiger partial charge < -0.3 is 19.7 Å². The number of carbonyl (C=O) groups excluding carboxylic acids is 2. The van der Waals surface area contributed by atoms with Gasteiger partial charge in [0.1, 0.15) is 0 Å². The molecule has 0 spiro atoms. The van der Waals surface area contributed by atoms with Gasteiger partial charge in [-0.2, -0.15) is 0 Å². The van der Waals surface area contributed by atoms with Gasteiger partial charge in [0.15, 0.2) is 22.4 Å². The van der Waals surface area contributed by atoms with Crippen molar-refractivity contribution in [3.05, 3.63) is 29.3 Å². The van der Waals surface area contributed by atoms with Crippen LogP contribution in [0.3, 0.4) is 0 Å². The number of hydrogen-bond donors (Lipinski definition) is 1. The van der Waals surface area contributed by atoms with E-state index in [-0.39, 0.29) is 25.0 Å². The van der Waals surface area contributed by atoms with Gasteiger partial charge in [-0.3, -0.25) is 14.5 Å². The van der Waals surface area contributed by atoms with Crippen LogP contribution in [0.25, 0.3) is 0 Å². The lowest BCUT2D eigenvalue weighted by molar-refractivity contribution is -0.117. The Kier molecular flexibility index (Phi) is 4.95. The maximum atomic E-state index is 12.5. The summed E-state index contributed by atoms with van der Waals surface area (Å²) in [4.78, 5) is 33.1. The number of piperazine rings is 1. The van der Waals surface area contributed by atoms with Gasteiger partial charge in [-0.05, 0) is 13.0 Å². The van der Waals surface area contributed by atoms with E-state index in [1.165, 1.54) is 6.92 Å². The Balaban J connectivity index is 1.37. The summed E-state index contributed by atoms with van der Waals surface area (Å²) in [5.41, 5.74) is 0.874. The topological polar surface area (TPSA) is 84.0 Å². The number of ether oxygens (including phenoxy) is 2. The van der Waals surface area contributed by atoms with Crippen LogP contribution in [0, 0.1) is 0 Å². The minimum atomic E-state index is -0.154. The van der Waals surface area contributed by atoms with Gasteiger partial charge in [-0.1, -0.05) is 0 Å². The Morgan fingerprint density at radius 3 is 2.59 bits per heavy atom. The van der Waals surface area contributed by atoms with Gasteiger partial charge in [-0.15, -0.1) is 11.3 Å². The number of aromatic nitrogens is 1.